The molecule has 108 valence electrons. The zero-order valence-electron chi connectivity index (χ0n) is 12.4. The Balaban J connectivity index is 2.11. The first-order valence-electron chi connectivity index (χ1n) is 7.02. The van der Waals surface area contributed by atoms with Crippen LogP contribution in [0.4, 0.5) is 0 Å². The monoisotopic (exact) mass is 299 g/mol. The summed E-state index contributed by atoms with van der Waals surface area (Å²) in [7, 11) is 1.92. The van der Waals surface area contributed by atoms with Crippen LogP contribution in [0.2, 0.25) is 5.02 Å². The van der Waals surface area contributed by atoms with Gasteiger partial charge in [0.15, 0.2) is 0 Å². The highest BCUT2D eigenvalue weighted by Gasteiger charge is 2.20. The van der Waals surface area contributed by atoms with E-state index in [0.717, 1.165) is 32.9 Å². The highest BCUT2D eigenvalue weighted by atomic mass is 35.5. The number of hydrogen-bond donors (Lipinski definition) is 1. The fourth-order valence-electron chi connectivity index (χ4n) is 2.67. The van der Waals surface area contributed by atoms with Crippen molar-refractivity contribution in [3.05, 3.63) is 69.9 Å². The average molecular weight is 300 g/mol. The van der Waals surface area contributed by atoms with E-state index >= 15 is 0 Å². The van der Waals surface area contributed by atoms with Crippen LogP contribution in [-0.2, 0) is 0 Å². The van der Waals surface area contributed by atoms with Crippen LogP contribution in [0.25, 0.3) is 11.0 Å². The molecule has 0 saturated heterocycles. The molecular weight excluding hydrogens is 282 g/mol. The minimum Gasteiger partial charge on any atom is -0.459 e. The van der Waals surface area contributed by atoms with Crippen molar-refractivity contribution in [2.75, 3.05) is 7.05 Å². The molecule has 1 aromatic heterocycles. The summed E-state index contributed by atoms with van der Waals surface area (Å²) in [6.07, 6.45) is 0. The van der Waals surface area contributed by atoms with Crippen LogP contribution < -0.4 is 5.32 Å². The van der Waals surface area contributed by atoms with E-state index in [0.29, 0.717) is 0 Å². The predicted octanol–water partition coefficient (Wildman–Crippen LogP) is 5.01. The smallest absolute Gasteiger partial charge is 0.134 e. The summed E-state index contributed by atoms with van der Waals surface area (Å²) in [4.78, 5) is 0. The van der Waals surface area contributed by atoms with Gasteiger partial charge in [0.05, 0.1) is 6.04 Å². The van der Waals surface area contributed by atoms with Crippen LogP contribution in [0.3, 0.4) is 0 Å². The SMILES string of the molecule is CNC(c1cc2cc(C)ccc2o1)c1cccc(C)c1Cl. The van der Waals surface area contributed by atoms with Crippen LogP contribution in [-0.4, -0.2) is 7.05 Å². The number of rotatable bonds is 3. The lowest BCUT2D eigenvalue weighted by Crippen LogP contribution is -2.17. The van der Waals surface area contributed by atoms with Gasteiger partial charge >= 0.3 is 0 Å². The molecule has 0 aliphatic carbocycles. The second-order valence-corrected chi connectivity index (χ2v) is 5.77. The molecule has 3 aromatic rings. The molecule has 0 bridgehead atoms. The third kappa shape index (κ3) is 2.57. The van der Waals surface area contributed by atoms with Gasteiger partial charge in [-0.2, -0.15) is 0 Å². The topological polar surface area (TPSA) is 25.2 Å². The third-order valence-corrected chi connectivity index (χ3v) is 4.31. The van der Waals surface area contributed by atoms with Crippen LogP contribution in [0.1, 0.15) is 28.5 Å². The van der Waals surface area contributed by atoms with Crippen molar-refractivity contribution in [1.82, 2.24) is 5.32 Å². The number of hydrogen-bond acceptors (Lipinski definition) is 2. The van der Waals surface area contributed by atoms with E-state index in [2.05, 4.69) is 30.4 Å². The Morgan fingerprint density at radius 3 is 2.67 bits per heavy atom. The molecule has 3 heteroatoms. The molecule has 0 spiro atoms. The molecule has 2 aromatic carbocycles. The van der Waals surface area contributed by atoms with E-state index in [4.69, 9.17) is 16.0 Å². The number of aryl methyl sites for hydroxylation is 2. The first-order valence-corrected chi connectivity index (χ1v) is 7.40. The molecule has 2 nitrogen and oxygen atoms in total. The number of halogens is 1. The minimum absolute atomic E-state index is 0.0508. The lowest BCUT2D eigenvalue weighted by molar-refractivity contribution is 0.491. The van der Waals surface area contributed by atoms with Crippen molar-refractivity contribution in [3.63, 3.8) is 0 Å². The summed E-state index contributed by atoms with van der Waals surface area (Å²) in [6.45, 7) is 4.10. The zero-order valence-corrected chi connectivity index (χ0v) is 13.2. The highest BCUT2D eigenvalue weighted by molar-refractivity contribution is 6.32. The Bertz CT molecular complexity index is 791. The van der Waals surface area contributed by atoms with Gasteiger partial charge in [-0.05, 0) is 50.2 Å². The summed E-state index contributed by atoms with van der Waals surface area (Å²) in [5.41, 5.74) is 4.24. The summed E-state index contributed by atoms with van der Waals surface area (Å²) >= 11 is 6.46. The molecular formula is C18H18ClNO. The van der Waals surface area contributed by atoms with Gasteiger partial charge in [-0.1, -0.05) is 41.4 Å². The fourth-order valence-corrected chi connectivity index (χ4v) is 2.90. The van der Waals surface area contributed by atoms with Crippen LogP contribution in [0, 0.1) is 13.8 Å². The molecule has 3 rings (SSSR count). The van der Waals surface area contributed by atoms with Crippen molar-refractivity contribution in [2.24, 2.45) is 0 Å². The number of nitrogens with one attached hydrogen (secondary N) is 1. The van der Waals surface area contributed by atoms with Crippen molar-refractivity contribution < 1.29 is 4.42 Å². The van der Waals surface area contributed by atoms with Gasteiger partial charge in [0, 0.05) is 10.4 Å². The van der Waals surface area contributed by atoms with Crippen LogP contribution >= 0.6 is 11.6 Å². The molecule has 1 atom stereocenters. The second kappa shape index (κ2) is 5.55. The Morgan fingerprint density at radius 1 is 1.10 bits per heavy atom. The van der Waals surface area contributed by atoms with Gasteiger partial charge in [-0.25, -0.2) is 0 Å². The molecule has 0 fully saturated rings. The van der Waals surface area contributed by atoms with Gasteiger partial charge in [0.1, 0.15) is 11.3 Å². The lowest BCUT2D eigenvalue weighted by atomic mass is 10.0. The summed E-state index contributed by atoms with van der Waals surface area (Å²) < 4.78 is 6.00. The lowest BCUT2D eigenvalue weighted by Gasteiger charge is -2.16. The molecule has 1 N–H and O–H groups in total. The molecule has 0 saturated carbocycles. The maximum Gasteiger partial charge on any atom is 0.134 e. The Morgan fingerprint density at radius 2 is 1.90 bits per heavy atom. The molecule has 0 aliphatic rings. The molecule has 0 radical (unpaired) electrons. The number of furan rings is 1. The highest BCUT2D eigenvalue weighted by Crippen LogP contribution is 2.33. The van der Waals surface area contributed by atoms with E-state index in [-0.39, 0.29) is 6.04 Å². The normalized spacial score (nSPS) is 12.8. The predicted molar refractivity (Wildman–Crippen MR) is 88.0 cm³/mol. The van der Waals surface area contributed by atoms with Crippen molar-refractivity contribution in [2.45, 2.75) is 19.9 Å². The standard InChI is InChI=1S/C18H18ClNO/c1-11-7-8-15-13(9-11)10-16(21-15)18(20-3)14-6-4-5-12(2)17(14)19/h4-10,18,20H,1-3H3. The molecule has 1 heterocycles. The third-order valence-electron chi connectivity index (χ3n) is 3.80. The summed E-state index contributed by atoms with van der Waals surface area (Å²) in [6, 6.07) is 14.3. The van der Waals surface area contributed by atoms with Crippen molar-refractivity contribution in [1.29, 1.82) is 0 Å². The van der Waals surface area contributed by atoms with Crippen molar-refractivity contribution in [3.8, 4) is 0 Å². The van der Waals surface area contributed by atoms with E-state index in [1.165, 1.54) is 5.56 Å². The van der Waals surface area contributed by atoms with Crippen LogP contribution in [0.15, 0.2) is 46.9 Å². The molecule has 21 heavy (non-hydrogen) atoms. The van der Waals surface area contributed by atoms with Gasteiger partial charge in [-0.15, -0.1) is 0 Å². The quantitative estimate of drug-likeness (QED) is 0.735. The maximum absolute atomic E-state index is 6.46. The van der Waals surface area contributed by atoms with Gasteiger partial charge in [0.2, 0.25) is 0 Å². The Kier molecular flexibility index (Phi) is 3.75. The zero-order chi connectivity index (χ0) is 15.0. The Hall–Kier alpha value is -1.77. The number of benzene rings is 2. The molecule has 0 aliphatic heterocycles. The van der Waals surface area contributed by atoms with Crippen LogP contribution in [0.5, 0.6) is 0 Å². The fraction of sp³-hybridized carbons (Fsp3) is 0.222. The maximum atomic E-state index is 6.46. The first-order chi connectivity index (χ1) is 10.1. The first kappa shape index (κ1) is 14.2. The summed E-state index contributed by atoms with van der Waals surface area (Å²) in [5.74, 6) is 0.880. The minimum atomic E-state index is -0.0508. The number of fused-ring (bicyclic) bond motifs is 1. The van der Waals surface area contributed by atoms with Gasteiger partial charge in [-0.3, -0.25) is 0 Å². The molecule has 0 amide bonds. The summed E-state index contributed by atoms with van der Waals surface area (Å²) in [5, 5.41) is 5.21. The average Bonchev–Trinajstić information content (AvgIpc) is 2.87. The second-order valence-electron chi connectivity index (χ2n) is 5.39. The van der Waals surface area contributed by atoms with E-state index in [1.54, 1.807) is 0 Å². The van der Waals surface area contributed by atoms with Crippen molar-refractivity contribution >= 4 is 22.6 Å². The van der Waals surface area contributed by atoms with Gasteiger partial charge < -0.3 is 9.73 Å². The van der Waals surface area contributed by atoms with E-state index < -0.39 is 0 Å². The van der Waals surface area contributed by atoms with E-state index in [1.807, 2.05) is 38.2 Å². The van der Waals surface area contributed by atoms with Gasteiger partial charge in [0.25, 0.3) is 0 Å². The Labute approximate surface area is 129 Å². The largest absolute Gasteiger partial charge is 0.459 e. The molecule has 1 unspecified atom stereocenters. The van der Waals surface area contributed by atoms with E-state index in [9.17, 15) is 0 Å².